The maximum absolute atomic E-state index is 12.8. The molecule has 1 saturated heterocycles. The molecule has 1 aliphatic rings. The predicted molar refractivity (Wildman–Crippen MR) is 121 cm³/mol. The van der Waals surface area contributed by atoms with E-state index in [1.807, 2.05) is 41.8 Å². The van der Waals surface area contributed by atoms with Crippen molar-refractivity contribution in [1.82, 2.24) is 14.7 Å². The van der Waals surface area contributed by atoms with Crippen LogP contribution >= 0.6 is 11.6 Å². The van der Waals surface area contributed by atoms with Gasteiger partial charge in [-0.2, -0.15) is 0 Å². The molecule has 2 atom stereocenters. The lowest BCUT2D eigenvalue weighted by atomic mass is 10.1. The molecule has 5 rings (SSSR count). The van der Waals surface area contributed by atoms with Gasteiger partial charge < -0.3 is 19.0 Å². The highest BCUT2D eigenvalue weighted by Gasteiger charge is 2.22. The van der Waals surface area contributed by atoms with Crippen molar-refractivity contribution in [3.8, 4) is 11.3 Å². The standard InChI is InChI=1S/C23H23ClN4O2/c1-13-6-17(24)11-28-12-20(26-22(13)28)19-7-16-4-5-18(8-21(16)30-23(19)29)27-9-14(2)25-15(3)10-27/h4-8,11-12,14-15,25H,9-10H2,1-3H3. The third kappa shape index (κ3) is 3.36. The van der Waals surface area contributed by atoms with Gasteiger partial charge in [-0.15, -0.1) is 0 Å². The van der Waals surface area contributed by atoms with Crippen LogP contribution in [0.4, 0.5) is 5.69 Å². The number of imidazole rings is 1. The number of aromatic nitrogens is 2. The molecule has 30 heavy (non-hydrogen) atoms. The summed E-state index contributed by atoms with van der Waals surface area (Å²) in [4.78, 5) is 19.7. The van der Waals surface area contributed by atoms with Crippen LogP contribution in [0.2, 0.25) is 5.02 Å². The van der Waals surface area contributed by atoms with Crippen molar-refractivity contribution in [2.24, 2.45) is 0 Å². The number of fused-ring (bicyclic) bond motifs is 2. The number of benzene rings is 1. The molecule has 4 heterocycles. The second-order valence-corrected chi connectivity index (χ2v) is 8.68. The fraction of sp³-hybridized carbons (Fsp3) is 0.304. The number of aryl methyl sites for hydroxylation is 1. The minimum atomic E-state index is -0.395. The van der Waals surface area contributed by atoms with Gasteiger partial charge in [0.15, 0.2) is 0 Å². The fourth-order valence-corrected chi connectivity index (χ4v) is 4.64. The van der Waals surface area contributed by atoms with Gasteiger partial charge in [0.2, 0.25) is 0 Å². The molecule has 154 valence electrons. The van der Waals surface area contributed by atoms with Crippen LogP contribution < -0.4 is 15.8 Å². The zero-order valence-electron chi connectivity index (χ0n) is 17.1. The second kappa shape index (κ2) is 7.15. The van der Waals surface area contributed by atoms with Crippen LogP contribution in [0.15, 0.2) is 51.9 Å². The highest BCUT2D eigenvalue weighted by Crippen LogP contribution is 2.27. The number of nitrogens with zero attached hydrogens (tertiary/aromatic N) is 3. The Bertz CT molecular complexity index is 1320. The number of rotatable bonds is 2. The van der Waals surface area contributed by atoms with Crippen LogP contribution in [-0.2, 0) is 0 Å². The van der Waals surface area contributed by atoms with Crippen LogP contribution in [0.25, 0.3) is 27.9 Å². The summed E-state index contributed by atoms with van der Waals surface area (Å²) < 4.78 is 7.55. The van der Waals surface area contributed by atoms with E-state index in [1.165, 1.54) is 0 Å². The van der Waals surface area contributed by atoms with Gasteiger partial charge in [0, 0.05) is 54.7 Å². The number of pyridine rings is 1. The second-order valence-electron chi connectivity index (χ2n) is 8.24. The van der Waals surface area contributed by atoms with Gasteiger partial charge in [-0.25, -0.2) is 9.78 Å². The number of hydrogen-bond acceptors (Lipinski definition) is 5. The summed E-state index contributed by atoms with van der Waals surface area (Å²) in [5.74, 6) is 0. The smallest absolute Gasteiger partial charge is 0.345 e. The highest BCUT2D eigenvalue weighted by molar-refractivity contribution is 6.30. The van der Waals surface area contributed by atoms with Crippen LogP contribution in [0, 0.1) is 6.92 Å². The first kappa shape index (κ1) is 19.2. The van der Waals surface area contributed by atoms with Crippen molar-refractivity contribution in [3.63, 3.8) is 0 Å². The maximum atomic E-state index is 12.8. The van der Waals surface area contributed by atoms with E-state index >= 15 is 0 Å². The van der Waals surface area contributed by atoms with Gasteiger partial charge in [-0.3, -0.25) is 0 Å². The van der Waals surface area contributed by atoms with Gasteiger partial charge in [0.05, 0.1) is 16.3 Å². The Labute approximate surface area is 179 Å². The lowest BCUT2D eigenvalue weighted by Gasteiger charge is -2.37. The number of hydrogen-bond donors (Lipinski definition) is 1. The Balaban J connectivity index is 1.56. The first-order chi connectivity index (χ1) is 14.4. The Morgan fingerprint density at radius 1 is 1.13 bits per heavy atom. The van der Waals surface area contributed by atoms with Crippen molar-refractivity contribution in [1.29, 1.82) is 0 Å². The summed E-state index contributed by atoms with van der Waals surface area (Å²) in [6, 6.07) is 10.6. The molecule has 3 aromatic heterocycles. The first-order valence-corrected chi connectivity index (χ1v) is 10.5. The normalized spacial score (nSPS) is 19.7. The van der Waals surface area contributed by atoms with Gasteiger partial charge in [-0.05, 0) is 50.6 Å². The summed E-state index contributed by atoms with van der Waals surface area (Å²) in [5, 5.41) is 5.03. The summed E-state index contributed by atoms with van der Waals surface area (Å²) in [7, 11) is 0. The molecule has 1 aromatic carbocycles. The van der Waals surface area contributed by atoms with E-state index < -0.39 is 5.63 Å². The van der Waals surface area contributed by atoms with Gasteiger partial charge >= 0.3 is 5.63 Å². The molecule has 2 unspecified atom stereocenters. The molecular formula is C23H23ClN4O2. The monoisotopic (exact) mass is 422 g/mol. The van der Waals surface area contributed by atoms with Crippen molar-refractivity contribution >= 4 is 33.9 Å². The molecule has 0 radical (unpaired) electrons. The summed E-state index contributed by atoms with van der Waals surface area (Å²) in [6.07, 6.45) is 3.59. The number of nitrogens with one attached hydrogen (secondary N) is 1. The molecular weight excluding hydrogens is 400 g/mol. The van der Waals surface area contributed by atoms with Crippen LogP contribution in [0.1, 0.15) is 19.4 Å². The van der Waals surface area contributed by atoms with E-state index in [4.69, 9.17) is 16.0 Å². The topological polar surface area (TPSA) is 62.8 Å². The Morgan fingerprint density at radius 3 is 2.67 bits per heavy atom. The molecule has 0 spiro atoms. The lowest BCUT2D eigenvalue weighted by molar-refractivity contribution is 0.407. The summed E-state index contributed by atoms with van der Waals surface area (Å²) in [5.41, 5.74) is 3.99. The number of anilines is 1. The number of piperazine rings is 1. The minimum absolute atomic E-state index is 0.395. The average Bonchev–Trinajstić information content (AvgIpc) is 3.10. The SMILES string of the molecule is Cc1cc(Cl)cn2cc(-c3cc4ccc(N5CC(C)NC(C)C5)cc4oc3=O)nc12. The van der Waals surface area contributed by atoms with Gasteiger partial charge in [-0.1, -0.05) is 11.6 Å². The van der Waals surface area contributed by atoms with Crippen molar-refractivity contribution in [3.05, 3.63) is 63.7 Å². The Morgan fingerprint density at radius 2 is 1.90 bits per heavy atom. The third-order valence-electron chi connectivity index (χ3n) is 5.62. The summed E-state index contributed by atoms with van der Waals surface area (Å²) >= 11 is 6.15. The molecule has 1 fully saturated rings. The van der Waals surface area contributed by atoms with Gasteiger partial charge in [0.25, 0.3) is 0 Å². The quantitative estimate of drug-likeness (QED) is 0.489. The third-order valence-corrected chi connectivity index (χ3v) is 5.83. The van der Waals surface area contributed by atoms with Crippen LogP contribution in [0.3, 0.4) is 0 Å². The van der Waals surface area contributed by atoms with Crippen LogP contribution in [-0.4, -0.2) is 34.6 Å². The Kier molecular flexibility index (Phi) is 4.56. The van der Waals surface area contributed by atoms with Crippen molar-refractivity contribution in [2.75, 3.05) is 18.0 Å². The molecule has 6 nitrogen and oxygen atoms in total. The molecule has 0 bridgehead atoms. The number of halogens is 1. The average molecular weight is 423 g/mol. The van der Waals surface area contributed by atoms with E-state index in [1.54, 1.807) is 6.20 Å². The van der Waals surface area contributed by atoms with E-state index in [0.717, 1.165) is 35.4 Å². The minimum Gasteiger partial charge on any atom is -0.422 e. The van der Waals surface area contributed by atoms with Crippen LogP contribution in [0.5, 0.6) is 0 Å². The first-order valence-electron chi connectivity index (χ1n) is 10.1. The van der Waals surface area contributed by atoms with Crippen molar-refractivity contribution in [2.45, 2.75) is 32.9 Å². The molecule has 1 N–H and O–H groups in total. The molecule has 4 aromatic rings. The van der Waals surface area contributed by atoms with Crippen molar-refractivity contribution < 1.29 is 4.42 Å². The molecule has 0 saturated carbocycles. The molecule has 1 aliphatic heterocycles. The maximum Gasteiger partial charge on any atom is 0.345 e. The van der Waals surface area contributed by atoms with E-state index in [9.17, 15) is 4.79 Å². The zero-order valence-corrected chi connectivity index (χ0v) is 17.9. The van der Waals surface area contributed by atoms with E-state index in [2.05, 4.69) is 35.1 Å². The van der Waals surface area contributed by atoms with E-state index in [0.29, 0.717) is 33.9 Å². The molecule has 7 heteroatoms. The largest absolute Gasteiger partial charge is 0.422 e. The predicted octanol–water partition coefficient (Wildman–Crippen LogP) is 4.26. The zero-order chi connectivity index (χ0) is 21.0. The summed E-state index contributed by atoms with van der Waals surface area (Å²) in [6.45, 7) is 8.14. The fourth-order valence-electron chi connectivity index (χ4n) is 4.37. The lowest BCUT2D eigenvalue weighted by Crippen LogP contribution is -2.54. The van der Waals surface area contributed by atoms with Gasteiger partial charge in [0.1, 0.15) is 11.2 Å². The Hall–Kier alpha value is -2.83. The highest BCUT2D eigenvalue weighted by atomic mass is 35.5. The molecule has 0 amide bonds. The molecule has 0 aliphatic carbocycles. The van der Waals surface area contributed by atoms with E-state index in [-0.39, 0.29) is 0 Å².